The Morgan fingerprint density at radius 3 is 2.34 bits per heavy atom. The maximum Gasteiger partial charge on any atom is 0.338 e. The summed E-state index contributed by atoms with van der Waals surface area (Å²) in [5.74, 6) is 0.142. The van der Waals surface area contributed by atoms with Gasteiger partial charge >= 0.3 is 5.97 Å². The van der Waals surface area contributed by atoms with Crippen LogP contribution in [0.5, 0.6) is 5.75 Å². The summed E-state index contributed by atoms with van der Waals surface area (Å²) in [7, 11) is 0. The van der Waals surface area contributed by atoms with Crippen molar-refractivity contribution in [2.24, 2.45) is 0 Å². The molecular weight excluding hydrogens is 366 g/mol. The number of aryl methyl sites for hydroxylation is 2. The highest BCUT2D eigenvalue weighted by molar-refractivity contribution is 5.95. The zero-order valence-electron chi connectivity index (χ0n) is 17.4. The van der Waals surface area contributed by atoms with Gasteiger partial charge in [-0.1, -0.05) is 24.1 Å². The standard InChI is InChI=1S/C24H29NO4/c1-16-9-14-22(17(2)15-16)28-18(3)23(26)25-20-12-10-19(11-13-20)24(27)29-21-7-5-4-6-8-21/h9-15,18,21H,4-8H2,1-3H3,(H,25,26). The molecule has 2 aromatic rings. The third kappa shape index (κ3) is 5.83. The molecule has 0 heterocycles. The highest BCUT2D eigenvalue weighted by Crippen LogP contribution is 2.22. The first kappa shape index (κ1) is 20.9. The first-order chi connectivity index (χ1) is 13.9. The molecule has 1 fully saturated rings. The lowest BCUT2D eigenvalue weighted by Gasteiger charge is -2.21. The van der Waals surface area contributed by atoms with Crippen molar-refractivity contribution in [3.05, 3.63) is 59.2 Å². The van der Waals surface area contributed by atoms with E-state index in [1.165, 1.54) is 6.42 Å². The van der Waals surface area contributed by atoms with Crippen LogP contribution < -0.4 is 10.1 Å². The normalized spacial score (nSPS) is 15.4. The van der Waals surface area contributed by atoms with E-state index in [1.807, 2.05) is 32.0 Å². The van der Waals surface area contributed by atoms with Crippen LogP contribution in [0.1, 0.15) is 60.5 Å². The molecule has 1 saturated carbocycles. The Morgan fingerprint density at radius 1 is 1.00 bits per heavy atom. The third-order valence-corrected chi connectivity index (χ3v) is 5.22. The smallest absolute Gasteiger partial charge is 0.338 e. The van der Waals surface area contributed by atoms with E-state index < -0.39 is 6.10 Å². The fourth-order valence-corrected chi connectivity index (χ4v) is 3.51. The number of anilines is 1. The van der Waals surface area contributed by atoms with Gasteiger partial charge in [0.1, 0.15) is 11.9 Å². The zero-order chi connectivity index (χ0) is 20.8. The van der Waals surface area contributed by atoms with Crippen LogP contribution in [-0.4, -0.2) is 24.1 Å². The molecule has 1 aliphatic carbocycles. The van der Waals surface area contributed by atoms with Crippen LogP contribution in [-0.2, 0) is 9.53 Å². The molecule has 0 aliphatic heterocycles. The van der Waals surface area contributed by atoms with Crippen molar-refractivity contribution in [1.29, 1.82) is 0 Å². The van der Waals surface area contributed by atoms with Crippen LogP contribution in [0, 0.1) is 13.8 Å². The molecule has 2 aromatic carbocycles. The SMILES string of the molecule is Cc1ccc(OC(C)C(=O)Nc2ccc(C(=O)OC3CCCCC3)cc2)c(C)c1. The minimum Gasteiger partial charge on any atom is -0.481 e. The monoisotopic (exact) mass is 395 g/mol. The lowest BCUT2D eigenvalue weighted by molar-refractivity contribution is -0.122. The van der Waals surface area contributed by atoms with E-state index >= 15 is 0 Å². The van der Waals surface area contributed by atoms with E-state index in [0.29, 0.717) is 17.0 Å². The second-order valence-corrected chi connectivity index (χ2v) is 7.76. The topological polar surface area (TPSA) is 64.6 Å². The van der Waals surface area contributed by atoms with Crippen LogP contribution in [0.3, 0.4) is 0 Å². The predicted molar refractivity (Wildman–Crippen MR) is 113 cm³/mol. The van der Waals surface area contributed by atoms with Crippen LogP contribution >= 0.6 is 0 Å². The first-order valence-corrected chi connectivity index (χ1v) is 10.3. The van der Waals surface area contributed by atoms with E-state index in [0.717, 1.165) is 36.8 Å². The van der Waals surface area contributed by atoms with E-state index in [4.69, 9.17) is 9.47 Å². The van der Waals surface area contributed by atoms with Crippen LogP contribution in [0.2, 0.25) is 0 Å². The molecule has 5 nitrogen and oxygen atoms in total. The first-order valence-electron chi connectivity index (χ1n) is 10.3. The Bertz CT molecular complexity index is 854. The molecule has 154 valence electrons. The number of benzene rings is 2. The molecule has 1 amide bonds. The van der Waals surface area contributed by atoms with Gasteiger partial charge in [0.05, 0.1) is 5.56 Å². The molecule has 1 atom stereocenters. The van der Waals surface area contributed by atoms with Crippen molar-refractivity contribution >= 4 is 17.6 Å². The molecule has 0 saturated heterocycles. The predicted octanol–water partition coefficient (Wildman–Crippen LogP) is 5.20. The minimum atomic E-state index is -0.646. The molecule has 0 spiro atoms. The highest BCUT2D eigenvalue weighted by Gasteiger charge is 2.19. The summed E-state index contributed by atoms with van der Waals surface area (Å²) < 4.78 is 11.4. The summed E-state index contributed by atoms with van der Waals surface area (Å²) in [5.41, 5.74) is 3.24. The number of carbonyl (C=O) groups is 2. The average Bonchev–Trinajstić information content (AvgIpc) is 2.71. The number of hydrogen-bond acceptors (Lipinski definition) is 4. The minimum absolute atomic E-state index is 0.0267. The second-order valence-electron chi connectivity index (χ2n) is 7.76. The van der Waals surface area contributed by atoms with Gasteiger partial charge in [-0.3, -0.25) is 4.79 Å². The number of ether oxygens (including phenoxy) is 2. The zero-order valence-corrected chi connectivity index (χ0v) is 17.4. The van der Waals surface area contributed by atoms with Crippen molar-refractivity contribution in [2.45, 2.75) is 65.1 Å². The number of hydrogen-bond donors (Lipinski definition) is 1. The maximum absolute atomic E-state index is 12.4. The fourth-order valence-electron chi connectivity index (χ4n) is 3.51. The molecule has 1 unspecified atom stereocenters. The van der Waals surface area contributed by atoms with E-state index in [-0.39, 0.29) is 18.0 Å². The third-order valence-electron chi connectivity index (χ3n) is 5.22. The largest absolute Gasteiger partial charge is 0.481 e. The molecule has 5 heteroatoms. The summed E-state index contributed by atoms with van der Waals surface area (Å²) in [5, 5.41) is 2.82. The van der Waals surface area contributed by atoms with Crippen LogP contribution in [0.25, 0.3) is 0 Å². The van der Waals surface area contributed by atoms with Crippen molar-refractivity contribution in [3.63, 3.8) is 0 Å². The van der Waals surface area contributed by atoms with Gasteiger partial charge in [-0.05, 0) is 82.3 Å². The van der Waals surface area contributed by atoms with E-state index in [1.54, 1.807) is 31.2 Å². The number of carbonyl (C=O) groups excluding carboxylic acids is 2. The summed E-state index contributed by atoms with van der Waals surface area (Å²) in [6.07, 6.45) is 4.72. The lowest BCUT2D eigenvalue weighted by Crippen LogP contribution is -2.30. The fraction of sp³-hybridized carbons (Fsp3) is 0.417. The number of esters is 1. The summed E-state index contributed by atoms with van der Waals surface area (Å²) in [6.45, 7) is 5.68. The number of amides is 1. The van der Waals surface area contributed by atoms with E-state index in [9.17, 15) is 9.59 Å². The van der Waals surface area contributed by atoms with Gasteiger partial charge in [-0.2, -0.15) is 0 Å². The number of rotatable bonds is 6. The Balaban J connectivity index is 1.54. The van der Waals surface area contributed by atoms with Gasteiger partial charge in [0.15, 0.2) is 6.10 Å². The van der Waals surface area contributed by atoms with Gasteiger partial charge in [-0.25, -0.2) is 4.79 Å². The van der Waals surface area contributed by atoms with Gasteiger partial charge in [0, 0.05) is 5.69 Å². The summed E-state index contributed by atoms with van der Waals surface area (Å²) >= 11 is 0. The Labute approximate surface area is 172 Å². The van der Waals surface area contributed by atoms with Crippen molar-refractivity contribution in [1.82, 2.24) is 0 Å². The van der Waals surface area contributed by atoms with Crippen molar-refractivity contribution < 1.29 is 19.1 Å². The molecule has 1 N–H and O–H groups in total. The molecule has 29 heavy (non-hydrogen) atoms. The van der Waals surface area contributed by atoms with Gasteiger partial charge < -0.3 is 14.8 Å². The summed E-state index contributed by atoms with van der Waals surface area (Å²) in [4.78, 5) is 24.7. The Hall–Kier alpha value is -2.82. The Morgan fingerprint density at radius 2 is 1.69 bits per heavy atom. The van der Waals surface area contributed by atoms with Crippen molar-refractivity contribution in [3.8, 4) is 5.75 Å². The number of nitrogens with one attached hydrogen (secondary N) is 1. The molecule has 0 bridgehead atoms. The van der Waals surface area contributed by atoms with Crippen LogP contribution in [0.15, 0.2) is 42.5 Å². The summed E-state index contributed by atoms with van der Waals surface area (Å²) in [6, 6.07) is 12.6. The van der Waals surface area contributed by atoms with Gasteiger partial charge in [0.25, 0.3) is 5.91 Å². The van der Waals surface area contributed by atoms with E-state index in [2.05, 4.69) is 5.32 Å². The second kappa shape index (κ2) is 9.59. The quantitative estimate of drug-likeness (QED) is 0.683. The maximum atomic E-state index is 12.4. The lowest BCUT2D eigenvalue weighted by atomic mass is 9.98. The van der Waals surface area contributed by atoms with Gasteiger partial charge in [0.2, 0.25) is 0 Å². The molecule has 0 radical (unpaired) electrons. The van der Waals surface area contributed by atoms with Crippen LogP contribution in [0.4, 0.5) is 5.69 Å². The van der Waals surface area contributed by atoms with Gasteiger partial charge in [-0.15, -0.1) is 0 Å². The van der Waals surface area contributed by atoms with Crippen molar-refractivity contribution in [2.75, 3.05) is 5.32 Å². The highest BCUT2D eigenvalue weighted by atomic mass is 16.5. The molecule has 1 aliphatic rings. The molecule has 0 aromatic heterocycles. The molecular formula is C24H29NO4. The molecule has 3 rings (SSSR count). The Kier molecular flexibility index (Phi) is 6.91. The average molecular weight is 395 g/mol.